The summed E-state index contributed by atoms with van der Waals surface area (Å²) in [5.74, 6) is 2.06. The molecule has 0 bridgehead atoms. The molecule has 15 heavy (non-hydrogen) atoms. The van der Waals surface area contributed by atoms with Crippen LogP contribution in [0.5, 0.6) is 0 Å². The molecule has 0 saturated heterocycles. The Balaban J connectivity index is 2.17. The number of rotatable bonds is 7. The molecular formula is C12H26N2S. The van der Waals surface area contributed by atoms with Crippen LogP contribution in [-0.4, -0.2) is 43.1 Å². The lowest BCUT2D eigenvalue weighted by molar-refractivity contribution is 0.198. The molecule has 3 heteroatoms. The van der Waals surface area contributed by atoms with Crippen LogP contribution in [0.1, 0.15) is 32.1 Å². The molecule has 0 aromatic rings. The Labute approximate surface area is 99.0 Å². The molecule has 2 nitrogen and oxygen atoms in total. The molecule has 1 aliphatic carbocycles. The molecule has 2 atom stereocenters. The van der Waals surface area contributed by atoms with Crippen LogP contribution in [0.15, 0.2) is 0 Å². The number of thioether (sulfide) groups is 1. The lowest BCUT2D eigenvalue weighted by Crippen LogP contribution is -2.38. The number of unbranched alkanes of at least 4 members (excludes halogenated alkanes) is 1. The van der Waals surface area contributed by atoms with Gasteiger partial charge in [0.2, 0.25) is 0 Å². The second kappa shape index (κ2) is 7.53. The van der Waals surface area contributed by atoms with Crippen LogP contribution in [0, 0.1) is 5.92 Å². The van der Waals surface area contributed by atoms with Gasteiger partial charge in [0.15, 0.2) is 0 Å². The van der Waals surface area contributed by atoms with E-state index in [9.17, 15) is 0 Å². The molecule has 0 aromatic carbocycles. The first-order chi connectivity index (χ1) is 7.29. The zero-order chi connectivity index (χ0) is 11.1. The van der Waals surface area contributed by atoms with Gasteiger partial charge >= 0.3 is 0 Å². The van der Waals surface area contributed by atoms with E-state index in [2.05, 4.69) is 18.2 Å². The summed E-state index contributed by atoms with van der Waals surface area (Å²) in [5.41, 5.74) is 5.81. The lowest BCUT2D eigenvalue weighted by Gasteiger charge is -2.29. The van der Waals surface area contributed by atoms with Crippen molar-refractivity contribution in [3.63, 3.8) is 0 Å². The van der Waals surface area contributed by atoms with Gasteiger partial charge in [-0.05, 0) is 63.7 Å². The van der Waals surface area contributed by atoms with Gasteiger partial charge in [-0.3, -0.25) is 0 Å². The molecule has 90 valence electrons. The van der Waals surface area contributed by atoms with Crippen molar-refractivity contribution in [3.8, 4) is 0 Å². The third-order valence-corrected chi connectivity index (χ3v) is 4.29. The van der Waals surface area contributed by atoms with Crippen molar-refractivity contribution >= 4 is 11.8 Å². The Morgan fingerprint density at radius 1 is 1.33 bits per heavy atom. The monoisotopic (exact) mass is 230 g/mol. The fraction of sp³-hybridized carbons (Fsp3) is 1.00. The van der Waals surface area contributed by atoms with Crippen molar-refractivity contribution in [1.82, 2.24) is 4.90 Å². The number of hydrogen-bond acceptors (Lipinski definition) is 3. The summed E-state index contributed by atoms with van der Waals surface area (Å²) >= 11 is 1.95. The van der Waals surface area contributed by atoms with Gasteiger partial charge in [0.25, 0.3) is 0 Å². The highest BCUT2D eigenvalue weighted by Crippen LogP contribution is 2.28. The van der Waals surface area contributed by atoms with Crippen molar-refractivity contribution in [2.75, 3.05) is 32.1 Å². The normalized spacial score (nSPS) is 26.4. The number of nitrogens with zero attached hydrogens (tertiary/aromatic N) is 1. The van der Waals surface area contributed by atoms with Crippen molar-refractivity contribution in [2.24, 2.45) is 11.7 Å². The smallest absolute Gasteiger partial charge is 0.0132 e. The minimum Gasteiger partial charge on any atom is -0.330 e. The Morgan fingerprint density at radius 2 is 2.13 bits per heavy atom. The van der Waals surface area contributed by atoms with Gasteiger partial charge < -0.3 is 10.6 Å². The molecule has 0 radical (unpaired) electrons. The Kier molecular flexibility index (Phi) is 6.69. The predicted octanol–water partition coefficient (Wildman–Crippen LogP) is 2.19. The van der Waals surface area contributed by atoms with Crippen LogP contribution in [0.2, 0.25) is 0 Å². The third-order valence-electron chi connectivity index (χ3n) is 3.60. The molecule has 0 amide bonds. The van der Waals surface area contributed by atoms with E-state index >= 15 is 0 Å². The first-order valence-corrected chi connectivity index (χ1v) is 7.58. The standard InChI is InChI=1S/C12H26N2S/c1-14(8-3-4-9-15-2)12-7-5-6-11(12)10-13/h11-12H,3-10,13H2,1-2H3. The average Bonchev–Trinajstić information content (AvgIpc) is 2.72. The molecule has 1 aliphatic rings. The van der Waals surface area contributed by atoms with E-state index in [1.54, 1.807) is 0 Å². The number of nitrogens with two attached hydrogens (primary N) is 1. The summed E-state index contributed by atoms with van der Waals surface area (Å²) < 4.78 is 0. The van der Waals surface area contributed by atoms with Crippen molar-refractivity contribution in [3.05, 3.63) is 0 Å². The maximum absolute atomic E-state index is 5.81. The minimum atomic E-state index is 0.760. The fourth-order valence-corrected chi connectivity index (χ4v) is 3.14. The molecule has 1 rings (SSSR count). The predicted molar refractivity (Wildman–Crippen MR) is 70.4 cm³/mol. The summed E-state index contributed by atoms with van der Waals surface area (Å²) in [6.07, 6.45) is 8.96. The van der Waals surface area contributed by atoms with Gasteiger partial charge in [-0.2, -0.15) is 11.8 Å². The third kappa shape index (κ3) is 4.33. The molecule has 0 aliphatic heterocycles. The van der Waals surface area contributed by atoms with E-state index in [1.165, 1.54) is 44.4 Å². The highest BCUT2D eigenvalue weighted by atomic mass is 32.2. The molecular weight excluding hydrogens is 204 g/mol. The number of hydrogen-bond donors (Lipinski definition) is 1. The van der Waals surface area contributed by atoms with E-state index in [-0.39, 0.29) is 0 Å². The molecule has 0 heterocycles. The fourth-order valence-electron chi connectivity index (χ4n) is 2.65. The molecule has 0 spiro atoms. The van der Waals surface area contributed by atoms with Gasteiger partial charge in [-0.15, -0.1) is 0 Å². The van der Waals surface area contributed by atoms with Gasteiger partial charge in [0.1, 0.15) is 0 Å². The van der Waals surface area contributed by atoms with Crippen molar-refractivity contribution in [2.45, 2.75) is 38.1 Å². The average molecular weight is 230 g/mol. The summed E-state index contributed by atoms with van der Waals surface area (Å²) in [6, 6.07) is 0.768. The quantitative estimate of drug-likeness (QED) is 0.680. The second-order valence-electron chi connectivity index (χ2n) is 4.67. The van der Waals surface area contributed by atoms with Crippen LogP contribution >= 0.6 is 11.8 Å². The van der Waals surface area contributed by atoms with E-state index < -0.39 is 0 Å². The molecule has 2 unspecified atom stereocenters. The van der Waals surface area contributed by atoms with Crippen LogP contribution in [0.4, 0.5) is 0 Å². The second-order valence-corrected chi connectivity index (χ2v) is 5.66. The molecule has 1 saturated carbocycles. The van der Waals surface area contributed by atoms with Gasteiger partial charge in [-0.1, -0.05) is 6.42 Å². The van der Waals surface area contributed by atoms with Crippen molar-refractivity contribution in [1.29, 1.82) is 0 Å². The molecule has 1 fully saturated rings. The molecule has 0 aromatic heterocycles. The maximum atomic E-state index is 5.81. The molecule has 2 N–H and O–H groups in total. The summed E-state index contributed by atoms with van der Waals surface area (Å²) in [4.78, 5) is 2.55. The van der Waals surface area contributed by atoms with E-state index in [0.717, 1.165) is 18.5 Å². The maximum Gasteiger partial charge on any atom is 0.0132 e. The highest BCUT2D eigenvalue weighted by Gasteiger charge is 2.28. The summed E-state index contributed by atoms with van der Waals surface area (Å²) in [6.45, 7) is 2.13. The topological polar surface area (TPSA) is 29.3 Å². The van der Waals surface area contributed by atoms with E-state index in [1.807, 2.05) is 11.8 Å². The Bertz CT molecular complexity index is 164. The lowest BCUT2D eigenvalue weighted by atomic mass is 10.0. The van der Waals surface area contributed by atoms with E-state index in [4.69, 9.17) is 5.73 Å². The van der Waals surface area contributed by atoms with Gasteiger partial charge in [-0.25, -0.2) is 0 Å². The zero-order valence-corrected chi connectivity index (χ0v) is 11.1. The van der Waals surface area contributed by atoms with Crippen LogP contribution in [0.25, 0.3) is 0 Å². The first-order valence-electron chi connectivity index (χ1n) is 6.18. The van der Waals surface area contributed by atoms with E-state index in [0.29, 0.717) is 0 Å². The zero-order valence-electron chi connectivity index (χ0n) is 10.2. The van der Waals surface area contributed by atoms with Crippen LogP contribution in [-0.2, 0) is 0 Å². The van der Waals surface area contributed by atoms with Crippen molar-refractivity contribution < 1.29 is 0 Å². The van der Waals surface area contributed by atoms with Gasteiger partial charge in [0, 0.05) is 6.04 Å². The van der Waals surface area contributed by atoms with Crippen LogP contribution < -0.4 is 5.73 Å². The first kappa shape index (κ1) is 13.3. The van der Waals surface area contributed by atoms with Crippen LogP contribution in [0.3, 0.4) is 0 Å². The summed E-state index contributed by atoms with van der Waals surface area (Å²) in [7, 11) is 2.28. The SMILES string of the molecule is CSCCCCN(C)C1CCCC1CN. The van der Waals surface area contributed by atoms with Gasteiger partial charge in [0.05, 0.1) is 0 Å². The minimum absolute atomic E-state index is 0.760. The Hall–Kier alpha value is 0.270. The highest BCUT2D eigenvalue weighted by molar-refractivity contribution is 7.98. The largest absolute Gasteiger partial charge is 0.330 e. The Morgan fingerprint density at radius 3 is 2.80 bits per heavy atom. The summed E-state index contributed by atoms with van der Waals surface area (Å²) in [5, 5.41) is 0.